The van der Waals surface area contributed by atoms with Crippen molar-refractivity contribution in [3.63, 3.8) is 0 Å². The number of benzene rings is 1. The zero-order valence-corrected chi connectivity index (χ0v) is 11.6. The summed E-state index contributed by atoms with van der Waals surface area (Å²) in [6.45, 7) is 6.65. The number of hydrogen-bond acceptors (Lipinski definition) is 2. The average molecular weight is 246 g/mol. The third-order valence-electron chi connectivity index (χ3n) is 2.89. The maximum absolute atomic E-state index is 6.07. The molecular weight excluding hydrogens is 227 g/mol. The van der Waals surface area contributed by atoms with Gasteiger partial charge in [0.15, 0.2) is 0 Å². The lowest BCUT2D eigenvalue weighted by Crippen LogP contribution is -2.09. The topological polar surface area (TPSA) is 38.9 Å². The van der Waals surface area contributed by atoms with E-state index < -0.39 is 0 Å². The Balaban J connectivity index is 2.62. The van der Waals surface area contributed by atoms with Crippen LogP contribution in [0.25, 0.3) is 10.9 Å². The summed E-state index contributed by atoms with van der Waals surface area (Å²) < 4.78 is 0. The molecule has 2 aromatic rings. The first-order chi connectivity index (χ1) is 8.13. The van der Waals surface area contributed by atoms with Crippen LogP contribution in [0.15, 0.2) is 24.3 Å². The fraction of sp³-hybridized carbons (Fsp3) is 0.357. The molecule has 2 rings (SSSR count). The number of pyridine rings is 1. The first-order valence-corrected chi connectivity index (χ1v) is 8.22. The highest BCUT2D eigenvalue weighted by molar-refractivity contribution is 7.65. The summed E-state index contributed by atoms with van der Waals surface area (Å²) in [5.41, 5.74) is 9.23. The highest BCUT2D eigenvalue weighted by atomic mass is 31.1. The van der Waals surface area contributed by atoms with E-state index in [9.17, 15) is 0 Å². The van der Waals surface area contributed by atoms with Crippen LogP contribution in [0.3, 0.4) is 0 Å². The van der Waals surface area contributed by atoms with Gasteiger partial charge in [0.1, 0.15) is 0 Å². The van der Waals surface area contributed by atoms with E-state index in [1.54, 1.807) is 0 Å². The number of fused-ring (bicyclic) bond motifs is 1. The second-order valence-electron chi connectivity index (χ2n) is 4.52. The molecular formula is C14H19N2P. The van der Waals surface area contributed by atoms with Crippen LogP contribution < -0.4 is 11.0 Å². The Morgan fingerprint density at radius 3 is 2.59 bits per heavy atom. The molecule has 0 atom stereocenters. The summed E-state index contributed by atoms with van der Waals surface area (Å²) >= 11 is 0. The van der Waals surface area contributed by atoms with Crippen LogP contribution in [0.2, 0.25) is 0 Å². The summed E-state index contributed by atoms with van der Waals surface area (Å²) in [4.78, 5) is 4.70. The van der Waals surface area contributed by atoms with Crippen molar-refractivity contribution in [3.8, 4) is 0 Å². The monoisotopic (exact) mass is 246 g/mol. The second kappa shape index (κ2) is 5.01. The zero-order chi connectivity index (χ0) is 12.4. The molecule has 0 amide bonds. The van der Waals surface area contributed by atoms with Gasteiger partial charge in [0.25, 0.3) is 0 Å². The molecule has 0 aliphatic rings. The standard InChI is InChI=1S/C14H19N2P/c1-4-5-10-6-7-11-13(16-10)9-8-12(15)14(11)17(2)3/h6-9H,4-5,15H2,1-3H3. The van der Waals surface area contributed by atoms with Crippen molar-refractivity contribution in [2.75, 3.05) is 19.1 Å². The van der Waals surface area contributed by atoms with E-state index in [0.29, 0.717) is 0 Å². The Morgan fingerprint density at radius 1 is 1.18 bits per heavy atom. The van der Waals surface area contributed by atoms with E-state index in [2.05, 4.69) is 32.4 Å². The van der Waals surface area contributed by atoms with E-state index >= 15 is 0 Å². The minimum atomic E-state index is -0.199. The van der Waals surface area contributed by atoms with E-state index in [1.807, 2.05) is 12.1 Å². The maximum Gasteiger partial charge on any atom is 0.0713 e. The molecule has 0 bridgehead atoms. The number of nitrogens with two attached hydrogens (primary N) is 1. The van der Waals surface area contributed by atoms with E-state index in [-0.39, 0.29) is 7.92 Å². The number of rotatable bonds is 3. The largest absolute Gasteiger partial charge is 0.398 e. The van der Waals surface area contributed by atoms with Gasteiger partial charge in [-0.2, -0.15) is 0 Å². The van der Waals surface area contributed by atoms with Gasteiger partial charge in [0, 0.05) is 22.1 Å². The van der Waals surface area contributed by atoms with Crippen molar-refractivity contribution < 1.29 is 0 Å². The van der Waals surface area contributed by atoms with Crippen molar-refractivity contribution in [1.82, 2.24) is 4.98 Å². The number of aryl methyl sites for hydroxylation is 1. The van der Waals surface area contributed by atoms with Crippen molar-refractivity contribution >= 4 is 29.8 Å². The first kappa shape index (κ1) is 12.3. The molecule has 0 saturated heterocycles. The normalized spacial score (nSPS) is 11.3. The van der Waals surface area contributed by atoms with Crippen LogP contribution in [0.5, 0.6) is 0 Å². The van der Waals surface area contributed by atoms with Gasteiger partial charge in [-0.25, -0.2) is 0 Å². The highest BCUT2D eigenvalue weighted by Crippen LogP contribution is 2.31. The van der Waals surface area contributed by atoms with Crippen molar-refractivity contribution in [1.29, 1.82) is 0 Å². The van der Waals surface area contributed by atoms with Gasteiger partial charge in [0.2, 0.25) is 0 Å². The summed E-state index contributed by atoms with van der Waals surface area (Å²) in [5.74, 6) is 0. The van der Waals surface area contributed by atoms with Crippen LogP contribution in [0.4, 0.5) is 5.69 Å². The van der Waals surface area contributed by atoms with Gasteiger partial charge in [-0.05, 0) is 37.9 Å². The van der Waals surface area contributed by atoms with Gasteiger partial charge >= 0.3 is 0 Å². The van der Waals surface area contributed by atoms with Crippen LogP contribution in [-0.2, 0) is 6.42 Å². The molecule has 0 unspecified atom stereocenters. The number of aromatic nitrogens is 1. The first-order valence-electron chi connectivity index (χ1n) is 5.99. The lowest BCUT2D eigenvalue weighted by molar-refractivity contribution is 0.890. The zero-order valence-electron chi connectivity index (χ0n) is 10.7. The maximum atomic E-state index is 6.07. The summed E-state index contributed by atoms with van der Waals surface area (Å²) in [6, 6.07) is 8.34. The molecule has 0 radical (unpaired) electrons. The lowest BCUT2D eigenvalue weighted by Gasteiger charge is -2.13. The molecule has 3 heteroatoms. The van der Waals surface area contributed by atoms with Gasteiger partial charge in [0.05, 0.1) is 5.52 Å². The van der Waals surface area contributed by atoms with E-state index in [4.69, 9.17) is 10.7 Å². The molecule has 1 heterocycles. The third-order valence-corrected chi connectivity index (χ3v) is 4.28. The van der Waals surface area contributed by atoms with Crippen LogP contribution in [0.1, 0.15) is 19.0 Å². The Morgan fingerprint density at radius 2 is 1.94 bits per heavy atom. The molecule has 2 N–H and O–H groups in total. The molecule has 17 heavy (non-hydrogen) atoms. The van der Waals surface area contributed by atoms with Gasteiger partial charge < -0.3 is 5.73 Å². The smallest absolute Gasteiger partial charge is 0.0713 e. The summed E-state index contributed by atoms with van der Waals surface area (Å²) in [7, 11) is -0.199. The van der Waals surface area contributed by atoms with Crippen LogP contribution in [-0.4, -0.2) is 18.3 Å². The Hall–Kier alpha value is -1.14. The summed E-state index contributed by atoms with van der Waals surface area (Å²) in [5, 5.41) is 2.51. The molecule has 2 nitrogen and oxygen atoms in total. The van der Waals surface area contributed by atoms with Crippen molar-refractivity contribution in [3.05, 3.63) is 30.0 Å². The number of nitrogen functional groups attached to an aromatic ring is 1. The Labute approximate surface area is 104 Å². The predicted molar refractivity (Wildman–Crippen MR) is 78.6 cm³/mol. The predicted octanol–water partition coefficient (Wildman–Crippen LogP) is 3.14. The van der Waals surface area contributed by atoms with Crippen LogP contribution >= 0.6 is 7.92 Å². The fourth-order valence-corrected chi connectivity index (χ4v) is 3.40. The molecule has 0 aliphatic carbocycles. The van der Waals surface area contributed by atoms with E-state index in [0.717, 1.165) is 24.0 Å². The molecule has 90 valence electrons. The van der Waals surface area contributed by atoms with Gasteiger partial charge in [-0.3, -0.25) is 4.98 Å². The molecule has 0 spiro atoms. The molecule has 0 fully saturated rings. The lowest BCUT2D eigenvalue weighted by atomic mass is 10.1. The molecule has 1 aromatic heterocycles. The Bertz CT molecular complexity index is 535. The second-order valence-corrected chi connectivity index (χ2v) is 6.75. The Kier molecular flexibility index (Phi) is 3.63. The van der Waals surface area contributed by atoms with Crippen LogP contribution in [0, 0.1) is 0 Å². The van der Waals surface area contributed by atoms with Gasteiger partial charge in [-0.1, -0.05) is 27.3 Å². The molecule has 1 aromatic carbocycles. The van der Waals surface area contributed by atoms with Crippen molar-refractivity contribution in [2.24, 2.45) is 0 Å². The quantitative estimate of drug-likeness (QED) is 0.667. The number of anilines is 1. The average Bonchev–Trinajstić information content (AvgIpc) is 2.29. The fourth-order valence-electron chi connectivity index (χ4n) is 2.14. The number of nitrogens with zero attached hydrogens (tertiary/aromatic N) is 1. The molecule has 0 aliphatic heterocycles. The summed E-state index contributed by atoms with van der Waals surface area (Å²) in [6.07, 6.45) is 2.18. The number of hydrogen-bond donors (Lipinski definition) is 1. The highest BCUT2D eigenvalue weighted by Gasteiger charge is 2.10. The minimum Gasteiger partial charge on any atom is -0.398 e. The van der Waals surface area contributed by atoms with Crippen molar-refractivity contribution in [2.45, 2.75) is 19.8 Å². The SMILES string of the molecule is CCCc1ccc2c(P(C)C)c(N)ccc2n1. The third kappa shape index (κ3) is 2.42. The van der Waals surface area contributed by atoms with E-state index in [1.165, 1.54) is 16.4 Å². The molecule has 0 saturated carbocycles. The van der Waals surface area contributed by atoms with Gasteiger partial charge in [-0.15, -0.1) is 0 Å². The minimum absolute atomic E-state index is 0.199.